The summed E-state index contributed by atoms with van der Waals surface area (Å²) in [5.74, 6) is -2.39. The Morgan fingerprint density at radius 2 is 1.83 bits per heavy atom. The molecule has 0 radical (unpaired) electrons. The molecule has 0 saturated carbocycles. The summed E-state index contributed by atoms with van der Waals surface area (Å²) in [5.41, 5.74) is 2.65. The van der Waals surface area contributed by atoms with Crippen molar-refractivity contribution in [3.8, 4) is 0 Å². The highest BCUT2D eigenvalue weighted by Gasteiger charge is 2.34. The molecule has 1 aliphatic rings. The standard InChI is InChI=1S/C18H22ClNO3/c1-3-11-9-10-15(19)12(4-2)16(11)20-17(21)13-7-5-6-8-14(13)18(22)23/h5-6,9-10,13-14H,3-4,7-8H2,1-2H3,(H,20,21)(H,22,23)/t13-,14-/m0/s1. The summed E-state index contributed by atoms with van der Waals surface area (Å²) in [6.45, 7) is 4.00. The third-order valence-electron chi connectivity index (χ3n) is 4.41. The Kier molecular flexibility index (Phi) is 5.83. The first-order valence-corrected chi connectivity index (χ1v) is 8.36. The van der Waals surface area contributed by atoms with E-state index in [9.17, 15) is 14.7 Å². The van der Waals surface area contributed by atoms with Gasteiger partial charge < -0.3 is 10.4 Å². The summed E-state index contributed by atoms with van der Waals surface area (Å²) in [5, 5.41) is 12.9. The van der Waals surface area contributed by atoms with Gasteiger partial charge in [-0.2, -0.15) is 0 Å². The summed E-state index contributed by atoms with van der Waals surface area (Å²) >= 11 is 6.25. The highest BCUT2D eigenvalue weighted by atomic mass is 35.5. The Hall–Kier alpha value is -1.81. The van der Waals surface area contributed by atoms with E-state index in [4.69, 9.17) is 11.6 Å². The van der Waals surface area contributed by atoms with Crippen molar-refractivity contribution in [1.82, 2.24) is 0 Å². The van der Waals surface area contributed by atoms with E-state index < -0.39 is 17.8 Å². The minimum absolute atomic E-state index is 0.242. The first kappa shape index (κ1) is 17.5. The maximum absolute atomic E-state index is 12.7. The van der Waals surface area contributed by atoms with Crippen molar-refractivity contribution in [1.29, 1.82) is 0 Å². The Morgan fingerprint density at radius 1 is 1.17 bits per heavy atom. The number of nitrogens with one attached hydrogen (secondary N) is 1. The van der Waals surface area contributed by atoms with Gasteiger partial charge in [0.1, 0.15) is 0 Å². The quantitative estimate of drug-likeness (QED) is 0.797. The Balaban J connectivity index is 2.31. The highest BCUT2D eigenvalue weighted by Crippen LogP contribution is 2.32. The van der Waals surface area contributed by atoms with Gasteiger partial charge in [0.25, 0.3) is 0 Å². The first-order valence-electron chi connectivity index (χ1n) is 7.98. The normalized spacial score (nSPS) is 20.3. The molecule has 0 saturated heterocycles. The number of halogens is 1. The molecule has 1 aromatic rings. The molecule has 0 spiro atoms. The van der Waals surface area contributed by atoms with Crippen LogP contribution in [-0.2, 0) is 22.4 Å². The van der Waals surface area contributed by atoms with Crippen molar-refractivity contribution >= 4 is 29.2 Å². The number of carbonyl (C=O) groups excluding carboxylic acids is 1. The molecule has 2 atom stereocenters. The number of hydrogen-bond donors (Lipinski definition) is 2. The molecule has 0 unspecified atom stereocenters. The van der Waals surface area contributed by atoms with Crippen LogP contribution in [0.1, 0.15) is 37.8 Å². The van der Waals surface area contributed by atoms with Gasteiger partial charge in [0.15, 0.2) is 0 Å². The third-order valence-corrected chi connectivity index (χ3v) is 4.77. The van der Waals surface area contributed by atoms with Crippen molar-refractivity contribution in [2.75, 3.05) is 5.32 Å². The van der Waals surface area contributed by atoms with Gasteiger partial charge in [0.2, 0.25) is 5.91 Å². The number of aliphatic carboxylic acids is 1. The van der Waals surface area contributed by atoms with Gasteiger partial charge in [-0.05, 0) is 42.9 Å². The molecule has 5 heteroatoms. The van der Waals surface area contributed by atoms with E-state index in [-0.39, 0.29) is 5.91 Å². The predicted molar refractivity (Wildman–Crippen MR) is 91.8 cm³/mol. The monoisotopic (exact) mass is 335 g/mol. The van der Waals surface area contributed by atoms with Crippen LogP contribution in [0.3, 0.4) is 0 Å². The van der Waals surface area contributed by atoms with E-state index in [1.807, 2.05) is 38.1 Å². The summed E-state index contributed by atoms with van der Waals surface area (Å²) < 4.78 is 0. The fourth-order valence-corrected chi connectivity index (χ4v) is 3.35. The average molecular weight is 336 g/mol. The lowest BCUT2D eigenvalue weighted by Crippen LogP contribution is -2.35. The smallest absolute Gasteiger partial charge is 0.307 e. The van der Waals surface area contributed by atoms with Crippen LogP contribution in [-0.4, -0.2) is 17.0 Å². The molecule has 0 aliphatic heterocycles. The molecule has 1 aliphatic carbocycles. The lowest BCUT2D eigenvalue weighted by atomic mass is 9.82. The maximum Gasteiger partial charge on any atom is 0.307 e. The molecule has 124 valence electrons. The highest BCUT2D eigenvalue weighted by molar-refractivity contribution is 6.32. The van der Waals surface area contributed by atoms with Gasteiger partial charge in [0.05, 0.1) is 11.8 Å². The third kappa shape index (κ3) is 3.75. The zero-order chi connectivity index (χ0) is 17.0. The van der Waals surface area contributed by atoms with E-state index in [1.165, 1.54) is 0 Å². The zero-order valence-electron chi connectivity index (χ0n) is 13.4. The number of anilines is 1. The average Bonchev–Trinajstić information content (AvgIpc) is 2.55. The van der Waals surface area contributed by atoms with E-state index in [2.05, 4.69) is 5.32 Å². The van der Waals surface area contributed by atoms with Gasteiger partial charge in [-0.1, -0.05) is 43.7 Å². The summed E-state index contributed by atoms with van der Waals surface area (Å²) in [4.78, 5) is 24.1. The number of carboxylic acids is 1. The topological polar surface area (TPSA) is 66.4 Å². The fourth-order valence-electron chi connectivity index (χ4n) is 3.06. The van der Waals surface area contributed by atoms with Crippen LogP contribution in [0.15, 0.2) is 24.3 Å². The van der Waals surface area contributed by atoms with E-state index >= 15 is 0 Å². The van der Waals surface area contributed by atoms with Crippen LogP contribution in [0.25, 0.3) is 0 Å². The van der Waals surface area contributed by atoms with E-state index in [0.717, 1.165) is 23.2 Å². The van der Waals surface area contributed by atoms with Gasteiger partial charge >= 0.3 is 5.97 Å². The second-order valence-corrected chi connectivity index (χ2v) is 6.16. The minimum Gasteiger partial charge on any atom is -0.481 e. The summed E-state index contributed by atoms with van der Waals surface area (Å²) in [7, 11) is 0. The molecule has 2 N–H and O–H groups in total. The molecule has 0 bridgehead atoms. The number of hydrogen-bond acceptors (Lipinski definition) is 2. The maximum atomic E-state index is 12.7. The number of amides is 1. The van der Waals surface area contributed by atoms with Crippen molar-refractivity contribution in [2.24, 2.45) is 11.8 Å². The predicted octanol–water partition coefficient (Wildman–Crippen LogP) is 4.07. The van der Waals surface area contributed by atoms with Crippen LogP contribution < -0.4 is 5.32 Å². The van der Waals surface area contributed by atoms with Crippen LogP contribution in [0.2, 0.25) is 5.02 Å². The van der Waals surface area contributed by atoms with Gasteiger partial charge in [-0.15, -0.1) is 0 Å². The fraction of sp³-hybridized carbons (Fsp3) is 0.444. The van der Waals surface area contributed by atoms with E-state index in [1.54, 1.807) is 0 Å². The second kappa shape index (κ2) is 7.64. The van der Waals surface area contributed by atoms with Gasteiger partial charge in [-0.3, -0.25) is 9.59 Å². The van der Waals surface area contributed by atoms with Crippen LogP contribution >= 0.6 is 11.6 Å². The zero-order valence-corrected chi connectivity index (χ0v) is 14.2. The molecule has 0 fully saturated rings. The molecular formula is C18H22ClNO3. The number of carboxylic acid groups (broad SMARTS) is 1. The Morgan fingerprint density at radius 3 is 2.39 bits per heavy atom. The number of benzene rings is 1. The lowest BCUT2D eigenvalue weighted by Gasteiger charge is -2.25. The van der Waals surface area contributed by atoms with Crippen molar-refractivity contribution in [3.05, 3.63) is 40.4 Å². The molecule has 4 nitrogen and oxygen atoms in total. The SMILES string of the molecule is CCc1ccc(Cl)c(CC)c1NC(=O)[C@H]1CC=CC[C@@H]1C(=O)O. The van der Waals surface area contributed by atoms with E-state index in [0.29, 0.717) is 24.3 Å². The van der Waals surface area contributed by atoms with Crippen LogP contribution in [0.4, 0.5) is 5.69 Å². The largest absolute Gasteiger partial charge is 0.481 e. The number of allylic oxidation sites excluding steroid dienone is 2. The molecule has 1 aromatic carbocycles. The second-order valence-electron chi connectivity index (χ2n) is 5.75. The van der Waals surface area contributed by atoms with Crippen molar-refractivity contribution in [2.45, 2.75) is 39.5 Å². The van der Waals surface area contributed by atoms with Crippen LogP contribution in [0, 0.1) is 11.8 Å². The number of aryl methyl sites for hydroxylation is 1. The summed E-state index contributed by atoms with van der Waals surface area (Å²) in [6.07, 6.45) is 6.03. The number of rotatable bonds is 5. The van der Waals surface area contributed by atoms with Crippen molar-refractivity contribution in [3.63, 3.8) is 0 Å². The molecular weight excluding hydrogens is 314 g/mol. The summed E-state index contributed by atoms with van der Waals surface area (Å²) in [6, 6.07) is 3.75. The van der Waals surface area contributed by atoms with Crippen molar-refractivity contribution < 1.29 is 14.7 Å². The molecule has 0 aromatic heterocycles. The van der Waals surface area contributed by atoms with Crippen LogP contribution in [0.5, 0.6) is 0 Å². The lowest BCUT2D eigenvalue weighted by molar-refractivity contribution is -0.146. The Labute approximate surface area is 141 Å². The molecule has 1 amide bonds. The number of carbonyl (C=O) groups is 2. The van der Waals surface area contributed by atoms with Gasteiger partial charge in [0, 0.05) is 10.7 Å². The van der Waals surface area contributed by atoms with Gasteiger partial charge in [-0.25, -0.2) is 0 Å². The molecule has 23 heavy (non-hydrogen) atoms. The molecule has 2 rings (SSSR count). The minimum atomic E-state index is -0.924. The molecule has 0 heterocycles. The first-order chi connectivity index (χ1) is 11.0. The Bertz CT molecular complexity index is 639.